The van der Waals surface area contributed by atoms with Gasteiger partial charge in [-0.25, -0.2) is 14.4 Å². The Morgan fingerprint density at radius 1 is 1.30 bits per heavy atom. The zero-order valence-corrected chi connectivity index (χ0v) is 19.1. The molecule has 2 atom stereocenters. The molecule has 5 rings (SSSR count). The Kier molecular flexibility index (Phi) is 6.15. The second-order valence-corrected chi connectivity index (χ2v) is 9.35. The van der Waals surface area contributed by atoms with Gasteiger partial charge in [0.05, 0.1) is 34.8 Å². The Hall–Kier alpha value is -3.17. The van der Waals surface area contributed by atoms with Crippen LogP contribution in [0.4, 0.5) is 4.39 Å². The fourth-order valence-electron chi connectivity index (χ4n) is 4.31. The van der Waals surface area contributed by atoms with E-state index in [0.717, 1.165) is 47.9 Å². The van der Waals surface area contributed by atoms with Crippen LogP contribution in [0.1, 0.15) is 46.3 Å². The van der Waals surface area contributed by atoms with E-state index in [9.17, 15) is 9.18 Å². The van der Waals surface area contributed by atoms with E-state index in [1.807, 2.05) is 24.3 Å². The number of benzene rings is 1. The van der Waals surface area contributed by atoms with E-state index in [2.05, 4.69) is 32.1 Å². The summed E-state index contributed by atoms with van der Waals surface area (Å²) in [4.78, 5) is 31.5. The number of carbonyl (C=O) groups excluding carboxylic acids is 1. The van der Waals surface area contributed by atoms with E-state index in [-0.39, 0.29) is 24.1 Å². The largest absolute Gasteiger partial charge is 0.345 e. The lowest BCUT2D eigenvalue weighted by molar-refractivity contribution is 0.0945. The highest BCUT2D eigenvalue weighted by atomic mass is 32.1. The molecule has 1 aliphatic rings. The molecule has 7 nitrogen and oxygen atoms in total. The van der Waals surface area contributed by atoms with Crippen molar-refractivity contribution in [1.29, 1.82) is 0 Å². The highest BCUT2D eigenvalue weighted by molar-refractivity contribution is 7.09. The Morgan fingerprint density at radius 2 is 2.18 bits per heavy atom. The number of carbonyl (C=O) groups is 1. The highest BCUT2D eigenvalue weighted by Gasteiger charge is 2.30. The topological polar surface area (TPSA) is 86.8 Å². The second-order valence-electron chi connectivity index (χ2n) is 8.46. The molecule has 1 aliphatic heterocycles. The van der Waals surface area contributed by atoms with Crippen LogP contribution in [0.3, 0.4) is 0 Å². The maximum absolute atomic E-state index is 13.7. The number of amides is 1. The molecule has 4 aromatic rings. The van der Waals surface area contributed by atoms with E-state index >= 15 is 0 Å². The highest BCUT2D eigenvalue weighted by Crippen LogP contribution is 2.33. The Bertz CT molecular complexity index is 1240. The summed E-state index contributed by atoms with van der Waals surface area (Å²) in [6.45, 7) is 5.00. The molecule has 2 N–H and O–H groups in total. The van der Waals surface area contributed by atoms with Crippen LogP contribution in [-0.4, -0.2) is 43.8 Å². The van der Waals surface area contributed by atoms with Gasteiger partial charge in [0.25, 0.3) is 5.91 Å². The van der Waals surface area contributed by atoms with Gasteiger partial charge in [-0.15, -0.1) is 11.3 Å². The number of imidazole rings is 1. The van der Waals surface area contributed by atoms with Gasteiger partial charge >= 0.3 is 0 Å². The number of nitrogens with zero attached hydrogens (tertiary/aromatic N) is 4. The molecule has 170 valence electrons. The van der Waals surface area contributed by atoms with Gasteiger partial charge in [0, 0.05) is 24.0 Å². The zero-order valence-electron chi connectivity index (χ0n) is 18.3. The predicted molar refractivity (Wildman–Crippen MR) is 125 cm³/mol. The van der Waals surface area contributed by atoms with Gasteiger partial charge in [-0.3, -0.25) is 14.7 Å². The van der Waals surface area contributed by atoms with Crippen molar-refractivity contribution >= 4 is 28.3 Å². The number of H-pyrrole nitrogens is 1. The summed E-state index contributed by atoms with van der Waals surface area (Å²) in [6.07, 6.45) is 2.59. The van der Waals surface area contributed by atoms with Crippen molar-refractivity contribution in [3.05, 3.63) is 76.0 Å². The molecule has 1 aromatic carbocycles. The molecule has 0 aliphatic carbocycles. The van der Waals surface area contributed by atoms with Gasteiger partial charge in [0.15, 0.2) is 0 Å². The number of aromatic amines is 1. The lowest BCUT2D eigenvalue weighted by Crippen LogP contribution is -2.24. The van der Waals surface area contributed by atoms with Crippen LogP contribution >= 0.6 is 11.3 Å². The molecule has 0 saturated carbocycles. The number of hydrogen-bond acceptors (Lipinski definition) is 6. The SMILES string of the molecule is C[C@@H](c1nc(C(=O)NCc2ncccc2F)cs1)[C@H]1CCN(Cc2nc3ccccc3[nH]2)C1. The van der Waals surface area contributed by atoms with Gasteiger partial charge in [0.1, 0.15) is 17.3 Å². The van der Waals surface area contributed by atoms with Gasteiger partial charge < -0.3 is 10.3 Å². The molecule has 9 heteroatoms. The quantitative estimate of drug-likeness (QED) is 0.430. The smallest absolute Gasteiger partial charge is 0.271 e. The number of fused-ring (bicyclic) bond motifs is 1. The Morgan fingerprint density at radius 3 is 3.03 bits per heavy atom. The molecule has 33 heavy (non-hydrogen) atoms. The van der Waals surface area contributed by atoms with E-state index in [0.29, 0.717) is 11.6 Å². The predicted octanol–water partition coefficient (Wildman–Crippen LogP) is 4.11. The maximum Gasteiger partial charge on any atom is 0.271 e. The monoisotopic (exact) mass is 464 g/mol. The molecular weight excluding hydrogens is 439 g/mol. The van der Waals surface area contributed by atoms with E-state index in [1.165, 1.54) is 29.7 Å². The van der Waals surface area contributed by atoms with Gasteiger partial charge in [0.2, 0.25) is 0 Å². The third-order valence-electron chi connectivity index (χ3n) is 6.22. The number of nitrogens with one attached hydrogen (secondary N) is 2. The van der Waals surface area contributed by atoms with Gasteiger partial charge in [-0.05, 0) is 43.1 Å². The van der Waals surface area contributed by atoms with Crippen LogP contribution in [0.2, 0.25) is 0 Å². The van der Waals surface area contributed by atoms with Crippen LogP contribution in [0, 0.1) is 11.7 Å². The summed E-state index contributed by atoms with van der Waals surface area (Å²) < 4.78 is 13.7. The molecule has 4 heterocycles. The van der Waals surface area contributed by atoms with Crippen LogP contribution in [0.5, 0.6) is 0 Å². The van der Waals surface area contributed by atoms with Crippen LogP contribution in [0.25, 0.3) is 11.0 Å². The number of aromatic nitrogens is 4. The Balaban J connectivity index is 1.17. The molecule has 0 unspecified atom stereocenters. The average molecular weight is 465 g/mol. The van der Waals surface area contributed by atoms with Crippen molar-refractivity contribution in [2.24, 2.45) is 5.92 Å². The minimum absolute atomic E-state index is 0.0350. The maximum atomic E-state index is 13.7. The van der Waals surface area contributed by atoms with Crippen LogP contribution in [0.15, 0.2) is 48.0 Å². The fraction of sp³-hybridized carbons (Fsp3) is 0.333. The minimum Gasteiger partial charge on any atom is -0.345 e. The third kappa shape index (κ3) is 4.79. The molecule has 1 fully saturated rings. The van der Waals surface area contributed by atoms with Crippen molar-refractivity contribution in [2.75, 3.05) is 13.1 Å². The summed E-state index contributed by atoms with van der Waals surface area (Å²) in [5.74, 6) is 0.970. The van der Waals surface area contributed by atoms with Crippen LogP contribution < -0.4 is 5.32 Å². The summed E-state index contributed by atoms with van der Waals surface area (Å²) in [5.41, 5.74) is 2.65. The fourth-order valence-corrected chi connectivity index (χ4v) is 5.26. The summed E-state index contributed by atoms with van der Waals surface area (Å²) in [6, 6.07) is 10.9. The van der Waals surface area contributed by atoms with E-state index in [4.69, 9.17) is 4.98 Å². The van der Waals surface area contributed by atoms with Crippen molar-refractivity contribution in [1.82, 2.24) is 30.2 Å². The van der Waals surface area contributed by atoms with E-state index in [1.54, 1.807) is 5.38 Å². The Labute approximate surface area is 195 Å². The molecule has 1 saturated heterocycles. The molecular formula is C24H25FN6OS. The minimum atomic E-state index is -0.432. The van der Waals surface area contributed by atoms with Crippen molar-refractivity contribution in [3.8, 4) is 0 Å². The summed E-state index contributed by atoms with van der Waals surface area (Å²) in [5, 5.41) is 5.44. The van der Waals surface area contributed by atoms with Crippen molar-refractivity contribution < 1.29 is 9.18 Å². The normalized spacial score (nSPS) is 17.5. The molecule has 1 amide bonds. The number of pyridine rings is 1. The number of likely N-dealkylation sites (tertiary alicyclic amines) is 1. The lowest BCUT2D eigenvalue weighted by Gasteiger charge is -2.18. The van der Waals surface area contributed by atoms with E-state index < -0.39 is 5.82 Å². The third-order valence-corrected chi connectivity index (χ3v) is 7.27. The molecule has 0 bridgehead atoms. The number of thiazole rings is 1. The van der Waals surface area contributed by atoms with Crippen molar-refractivity contribution in [3.63, 3.8) is 0 Å². The summed E-state index contributed by atoms with van der Waals surface area (Å²) in [7, 11) is 0. The van der Waals surface area contributed by atoms with Gasteiger partial charge in [-0.1, -0.05) is 19.1 Å². The first-order chi connectivity index (χ1) is 16.1. The van der Waals surface area contributed by atoms with Crippen LogP contribution in [-0.2, 0) is 13.1 Å². The average Bonchev–Trinajstić information content (AvgIpc) is 3.57. The lowest BCUT2D eigenvalue weighted by atomic mass is 9.94. The first-order valence-corrected chi connectivity index (χ1v) is 11.9. The first-order valence-electron chi connectivity index (χ1n) is 11.1. The standard InChI is InChI=1S/C24H25FN6OS/c1-15(16-8-10-31(12-16)13-22-28-18-6-2-3-7-19(18)29-22)24-30-21(14-33-24)23(32)27-11-20-17(25)5-4-9-26-20/h2-7,9,14-16H,8,10-13H2,1H3,(H,27,32)(H,28,29)/t15-,16+/m1/s1. The number of hydrogen-bond donors (Lipinski definition) is 2. The number of halogens is 1. The van der Waals surface area contributed by atoms with Gasteiger partial charge in [-0.2, -0.15) is 0 Å². The molecule has 0 radical (unpaired) electrons. The molecule has 0 spiro atoms. The van der Waals surface area contributed by atoms with Crippen molar-refractivity contribution in [2.45, 2.75) is 32.4 Å². The molecule has 3 aromatic heterocycles. The number of para-hydroxylation sites is 2. The number of rotatable bonds is 7. The zero-order chi connectivity index (χ0) is 22.8. The second kappa shape index (κ2) is 9.36. The first kappa shape index (κ1) is 21.7. The summed E-state index contributed by atoms with van der Waals surface area (Å²) >= 11 is 1.51.